The van der Waals surface area contributed by atoms with Crippen LogP contribution in [0.3, 0.4) is 0 Å². The Balaban J connectivity index is 1.46. The van der Waals surface area contributed by atoms with E-state index in [1.165, 1.54) is 38.4 Å². The van der Waals surface area contributed by atoms with E-state index < -0.39 is 40.0 Å². The van der Waals surface area contributed by atoms with Gasteiger partial charge in [-0.25, -0.2) is 17.5 Å². The van der Waals surface area contributed by atoms with Gasteiger partial charge in [-0.15, -0.1) is 0 Å². The molecule has 2 N–H and O–H groups in total. The van der Waals surface area contributed by atoms with Crippen LogP contribution in [0.15, 0.2) is 47.4 Å². The summed E-state index contributed by atoms with van der Waals surface area (Å²) in [6.07, 6.45) is 0. The Labute approximate surface area is 196 Å². The molecule has 11 nitrogen and oxygen atoms in total. The topological polar surface area (TPSA) is 134 Å². The Kier molecular flexibility index (Phi) is 5.96. The molecule has 0 bridgehead atoms. The number of benzene rings is 2. The molecule has 1 fully saturated rings. The van der Waals surface area contributed by atoms with E-state index in [1.807, 2.05) is 0 Å². The zero-order chi connectivity index (χ0) is 24.7. The molecule has 0 saturated carbocycles. The molecular formula is C22H24N4O7S. The molecule has 2 aliphatic rings. The van der Waals surface area contributed by atoms with Gasteiger partial charge in [0.1, 0.15) is 25.3 Å². The third-order valence-corrected chi connectivity index (χ3v) is 7.44. The smallest absolute Gasteiger partial charge is 0.325 e. The van der Waals surface area contributed by atoms with Gasteiger partial charge in [0.15, 0.2) is 11.5 Å². The summed E-state index contributed by atoms with van der Waals surface area (Å²) in [5.41, 5.74) is -0.560. The third-order valence-electron chi connectivity index (χ3n) is 5.61. The predicted molar refractivity (Wildman–Crippen MR) is 121 cm³/mol. The highest BCUT2D eigenvalue weighted by Crippen LogP contribution is 2.36. The van der Waals surface area contributed by atoms with Crippen LogP contribution in [-0.2, 0) is 25.2 Å². The lowest BCUT2D eigenvalue weighted by Gasteiger charge is -2.25. The van der Waals surface area contributed by atoms with Crippen LogP contribution in [-0.4, -0.2) is 69.3 Å². The van der Waals surface area contributed by atoms with Crippen molar-refractivity contribution in [3.05, 3.63) is 48.0 Å². The van der Waals surface area contributed by atoms with Gasteiger partial charge in [0, 0.05) is 19.8 Å². The fourth-order valence-electron chi connectivity index (χ4n) is 3.66. The number of sulfonamides is 1. The second kappa shape index (κ2) is 8.61. The molecule has 1 atom stereocenters. The number of carbonyl (C=O) groups is 3. The first-order chi connectivity index (χ1) is 16.0. The summed E-state index contributed by atoms with van der Waals surface area (Å²) in [7, 11) is -0.766. The van der Waals surface area contributed by atoms with Gasteiger partial charge in [-0.2, -0.15) is 0 Å². The molecule has 2 aromatic carbocycles. The Morgan fingerprint density at radius 1 is 1.09 bits per heavy atom. The van der Waals surface area contributed by atoms with E-state index in [-0.39, 0.29) is 4.90 Å². The summed E-state index contributed by atoms with van der Waals surface area (Å²) in [5, 5.41) is 5.21. The third kappa shape index (κ3) is 4.17. The lowest BCUT2D eigenvalue weighted by molar-refractivity contribution is -0.133. The summed E-state index contributed by atoms with van der Waals surface area (Å²) >= 11 is 0. The van der Waals surface area contributed by atoms with E-state index in [4.69, 9.17) is 9.47 Å². The van der Waals surface area contributed by atoms with Crippen molar-refractivity contribution in [1.29, 1.82) is 0 Å². The highest BCUT2D eigenvalue weighted by Gasteiger charge is 2.49. The van der Waals surface area contributed by atoms with Crippen molar-refractivity contribution in [2.75, 3.05) is 39.2 Å². The van der Waals surface area contributed by atoms with Gasteiger partial charge in [-0.1, -0.05) is 6.07 Å². The van der Waals surface area contributed by atoms with Crippen LogP contribution in [0, 0.1) is 0 Å². The van der Waals surface area contributed by atoms with Crippen molar-refractivity contribution in [3.8, 4) is 11.5 Å². The van der Waals surface area contributed by atoms with Crippen molar-refractivity contribution in [1.82, 2.24) is 14.5 Å². The fourth-order valence-corrected chi connectivity index (χ4v) is 4.56. The number of ether oxygens (including phenoxy) is 2. The molecular weight excluding hydrogens is 464 g/mol. The summed E-state index contributed by atoms with van der Waals surface area (Å²) in [4.78, 5) is 39.1. The average Bonchev–Trinajstić information content (AvgIpc) is 3.02. The minimum Gasteiger partial charge on any atom is -0.486 e. The van der Waals surface area contributed by atoms with Crippen molar-refractivity contribution in [3.63, 3.8) is 0 Å². The molecule has 1 saturated heterocycles. The lowest BCUT2D eigenvalue weighted by atomic mass is 9.91. The first kappa shape index (κ1) is 23.5. The van der Waals surface area contributed by atoms with Gasteiger partial charge in [-0.05, 0) is 48.9 Å². The Morgan fingerprint density at radius 2 is 1.74 bits per heavy atom. The molecule has 2 aliphatic heterocycles. The van der Waals surface area contributed by atoms with Gasteiger partial charge < -0.3 is 20.1 Å². The van der Waals surface area contributed by atoms with Crippen LogP contribution in [0.2, 0.25) is 0 Å². The van der Waals surface area contributed by atoms with Gasteiger partial charge in [0.25, 0.3) is 5.91 Å². The number of carbonyl (C=O) groups excluding carboxylic acids is 3. The van der Waals surface area contributed by atoms with Crippen LogP contribution in [0.5, 0.6) is 11.5 Å². The van der Waals surface area contributed by atoms with E-state index in [1.54, 1.807) is 25.1 Å². The number of nitrogens with zero attached hydrogens (tertiary/aromatic N) is 2. The zero-order valence-corrected chi connectivity index (χ0v) is 19.6. The molecule has 0 aromatic heterocycles. The number of fused-ring (bicyclic) bond motifs is 1. The lowest BCUT2D eigenvalue weighted by Crippen LogP contribution is -2.42. The monoisotopic (exact) mass is 488 g/mol. The Hall–Kier alpha value is -3.64. The van der Waals surface area contributed by atoms with E-state index in [0.29, 0.717) is 36.0 Å². The molecule has 2 aromatic rings. The number of hydrogen-bond acceptors (Lipinski definition) is 7. The van der Waals surface area contributed by atoms with E-state index >= 15 is 0 Å². The maximum Gasteiger partial charge on any atom is 0.325 e. The minimum atomic E-state index is -3.60. The maximum atomic E-state index is 13.1. The first-order valence-corrected chi connectivity index (χ1v) is 11.8. The van der Waals surface area contributed by atoms with Crippen LogP contribution in [0.25, 0.3) is 0 Å². The minimum absolute atomic E-state index is 0.0693. The molecule has 0 spiro atoms. The number of anilines is 1. The van der Waals surface area contributed by atoms with Gasteiger partial charge in [0.2, 0.25) is 15.9 Å². The van der Waals surface area contributed by atoms with Crippen molar-refractivity contribution in [2.24, 2.45) is 0 Å². The van der Waals surface area contributed by atoms with Gasteiger partial charge in [0.05, 0.1) is 4.90 Å². The number of urea groups is 1. The molecule has 180 valence electrons. The number of amides is 4. The van der Waals surface area contributed by atoms with Gasteiger partial charge in [-0.3, -0.25) is 14.5 Å². The van der Waals surface area contributed by atoms with E-state index in [9.17, 15) is 22.8 Å². The molecule has 1 unspecified atom stereocenters. The maximum absolute atomic E-state index is 13.1. The zero-order valence-electron chi connectivity index (χ0n) is 18.8. The Morgan fingerprint density at radius 3 is 2.38 bits per heavy atom. The summed E-state index contributed by atoms with van der Waals surface area (Å²) < 4.78 is 36.5. The molecule has 0 aliphatic carbocycles. The quantitative estimate of drug-likeness (QED) is 0.582. The van der Waals surface area contributed by atoms with E-state index in [2.05, 4.69) is 10.6 Å². The standard InChI is InChI=1S/C22H24N4O7S/c1-22(14-4-9-17-18(12-14)33-11-10-32-17)20(28)26(21(29)24-22)13-19(27)23-15-5-7-16(8-6-15)34(30,31)25(2)3/h4-9,12H,10-11,13H2,1-3H3,(H,23,27)(H,24,29). The van der Waals surface area contributed by atoms with Crippen LogP contribution in [0.4, 0.5) is 10.5 Å². The number of hydrogen-bond donors (Lipinski definition) is 2. The molecule has 34 heavy (non-hydrogen) atoms. The first-order valence-electron chi connectivity index (χ1n) is 10.4. The Bertz CT molecular complexity index is 1260. The second-order valence-corrected chi connectivity index (χ2v) is 10.3. The largest absolute Gasteiger partial charge is 0.486 e. The highest BCUT2D eigenvalue weighted by molar-refractivity contribution is 7.89. The summed E-state index contributed by atoms with van der Waals surface area (Å²) in [5.74, 6) is -0.172. The number of imide groups is 1. The summed E-state index contributed by atoms with van der Waals surface area (Å²) in [6, 6.07) is 9.85. The average molecular weight is 489 g/mol. The predicted octanol–water partition coefficient (Wildman–Crippen LogP) is 1.11. The summed E-state index contributed by atoms with van der Waals surface area (Å²) in [6.45, 7) is 1.85. The number of rotatable bonds is 6. The molecule has 4 rings (SSSR count). The van der Waals surface area contributed by atoms with Crippen LogP contribution in [0.1, 0.15) is 12.5 Å². The van der Waals surface area contributed by atoms with E-state index in [0.717, 1.165) is 9.21 Å². The van der Waals surface area contributed by atoms with Crippen molar-refractivity contribution >= 4 is 33.6 Å². The van der Waals surface area contributed by atoms with Crippen molar-refractivity contribution < 1.29 is 32.3 Å². The SMILES string of the molecule is CN(C)S(=O)(=O)c1ccc(NC(=O)CN2C(=O)NC(C)(c3ccc4c(c3)OCCO4)C2=O)cc1. The molecule has 12 heteroatoms. The van der Waals surface area contributed by atoms with Crippen LogP contribution >= 0.6 is 0 Å². The normalized spacial score (nSPS) is 19.8. The molecule has 4 amide bonds. The molecule has 0 radical (unpaired) electrons. The van der Waals surface area contributed by atoms with Crippen molar-refractivity contribution in [2.45, 2.75) is 17.4 Å². The fraction of sp³-hybridized carbons (Fsp3) is 0.318. The second-order valence-electron chi connectivity index (χ2n) is 8.16. The molecule has 2 heterocycles. The van der Waals surface area contributed by atoms with Gasteiger partial charge >= 0.3 is 6.03 Å². The number of nitrogens with one attached hydrogen (secondary N) is 2. The highest BCUT2D eigenvalue weighted by atomic mass is 32.2. The van der Waals surface area contributed by atoms with Crippen LogP contribution < -0.4 is 20.1 Å².